The predicted molar refractivity (Wildman–Crippen MR) is 68.6 cm³/mol. The van der Waals surface area contributed by atoms with Crippen molar-refractivity contribution in [3.8, 4) is 0 Å². The summed E-state index contributed by atoms with van der Waals surface area (Å²) < 4.78 is 4.43. The third kappa shape index (κ3) is 3.94. The molecule has 8 nitrogen and oxygen atoms in total. The van der Waals surface area contributed by atoms with Crippen LogP contribution in [-0.2, 0) is 19.1 Å². The molecule has 0 unspecified atom stereocenters. The molecule has 8 heteroatoms. The van der Waals surface area contributed by atoms with Crippen LogP contribution in [0.3, 0.4) is 0 Å². The van der Waals surface area contributed by atoms with Crippen molar-refractivity contribution in [1.82, 2.24) is 15.5 Å². The van der Waals surface area contributed by atoms with E-state index >= 15 is 0 Å². The zero-order chi connectivity index (χ0) is 15.3. The predicted octanol–water partition coefficient (Wildman–Crippen LogP) is -0.614. The van der Waals surface area contributed by atoms with Crippen LogP contribution in [0.5, 0.6) is 0 Å². The van der Waals surface area contributed by atoms with Gasteiger partial charge in [-0.25, -0.2) is 4.79 Å². The van der Waals surface area contributed by atoms with Gasteiger partial charge in [-0.3, -0.25) is 19.3 Å². The molecule has 2 N–H and O–H groups in total. The summed E-state index contributed by atoms with van der Waals surface area (Å²) in [5.41, 5.74) is -0.932. The van der Waals surface area contributed by atoms with E-state index in [1.807, 2.05) is 0 Å². The Balaban J connectivity index is 2.33. The van der Waals surface area contributed by atoms with Gasteiger partial charge in [0.25, 0.3) is 5.91 Å². The number of nitrogens with zero attached hydrogens (tertiary/aromatic N) is 1. The number of hydrogen-bond acceptors (Lipinski definition) is 5. The lowest BCUT2D eigenvalue weighted by atomic mass is 10.1. The Morgan fingerprint density at radius 1 is 1.30 bits per heavy atom. The van der Waals surface area contributed by atoms with Crippen LogP contribution in [0.2, 0.25) is 0 Å². The number of ether oxygens (including phenoxy) is 1. The normalized spacial score (nSPS) is 16.9. The van der Waals surface area contributed by atoms with Crippen molar-refractivity contribution in [3.05, 3.63) is 0 Å². The number of methoxy groups -OCH3 is 1. The Bertz CT molecular complexity index is 433. The van der Waals surface area contributed by atoms with E-state index in [1.54, 1.807) is 13.8 Å². The first-order valence-corrected chi connectivity index (χ1v) is 6.25. The monoisotopic (exact) mass is 285 g/mol. The minimum Gasteiger partial charge on any atom is -0.469 e. The molecular formula is C12H19N3O5. The van der Waals surface area contributed by atoms with Crippen molar-refractivity contribution >= 4 is 23.8 Å². The molecule has 0 aromatic heterocycles. The highest BCUT2D eigenvalue weighted by atomic mass is 16.5. The Kier molecular flexibility index (Phi) is 5.06. The van der Waals surface area contributed by atoms with E-state index in [9.17, 15) is 19.2 Å². The van der Waals surface area contributed by atoms with Gasteiger partial charge in [-0.1, -0.05) is 0 Å². The van der Waals surface area contributed by atoms with Crippen LogP contribution in [0.15, 0.2) is 0 Å². The van der Waals surface area contributed by atoms with E-state index in [0.717, 1.165) is 4.90 Å². The Morgan fingerprint density at radius 2 is 1.95 bits per heavy atom. The van der Waals surface area contributed by atoms with Crippen LogP contribution in [0.1, 0.15) is 26.7 Å². The maximum atomic E-state index is 11.8. The lowest BCUT2D eigenvalue weighted by Crippen LogP contribution is -2.40. The molecule has 0 atom stereocenters. The first-order valence-electron chi connectivity index (χ1n) is 6.25. The van der Waals surface area contributed by atoms with Crippen LogP contribution in [0, 0.1) is 0 Å². The summed E-state index contributed by atoms with van der Waals surface area (Å²) >= 11 is 0. The van der Waals surface area contributed by atoms with Crippen molar-refractivity contribution in [3.63, 3.8) is 0 Å². The van der Waals surface area contributed by atoms with Gasteiger partial charge in [0.15, 0.2) is 0 Å². The molecule has 20 heavy (non-hydrogen) atoms. The minimum atomic E-state index is -0.932. The molecule has 0 radical (unpaired) electrons. The smallest absolute Gasteiger partial charge is 0.325 e. The Hall–Kier alpha value is -2.12. The molecule has 1 aliphatic heterocycles. The second-order valence-corrected chi connectivity index (χ2v) is 4.94. The van der Waals surface area contributed by atoms with Crippen molar-refractivity contribution in [1.29, 1.82) is 0 Å². The molecule has 1 rings (SSSR count). The number of nitrogens with one attached hydrogen (secondary N) is 2. The number of rotatable bonds is 6. The molecule has 4 amide bonds. The highest BCUT2D eigenvalue weighted by Gasteiger charge is 2.43. The zero-order valence-corrected chi connectivity index (χ0v) is 11.8. The van der Waals surface area contributed by atoms with Gasteiger partial charge in [0.2, 0.25) is 5.91 Å². The van der Waals surface area contributed by atoms with Gasteiger partial charge < -0.3 is 15.4 Å². The lowest BCUT2D eigenvalue weighted by Gasteiger charge is -2.15. The number of esters is 1. The van der Waals surface area contributed by atoms with Crippen molar-refractivity contribution in [2.75, 3.05) is 20.2 Å². The molecule has 1 saturated heterocycles. The van der Waals surface area contributed by atoms with Gasteiger partial charge in [-0.2, -0.15) is 0 Å². The fourth-order valence-corrected chi connectivity index (χ4v) is 1.73. The van der Waals surface area contributed by atoms with Crippen LogP contribution < -0.4 is 10.6 Å². The summed E-state index contributed by atoms with van der Waals surface area (Å²) in [5.74, 6) is -1.11. The van der Waals surface area contributed by atoms with Crippen LogP contribution in [-0.4, -0.2) is 54.5 Å². The van der Waals surface area contributed by atoms with Crippen molar-refractivity contribution in [2.45, 2.75) is 32.2 Å². The minimum absolute atomic E-state index is 0.00356. The third-order valence-electron chi connectivity index (χ3n) is 2.89. The molecular weight excluding hydrogens is 266 g/mol. The largest absolute Gasteiger partial charge is 0.469 e. The molecule has 0 spiro atoms. The van der Waals surface area contributed by atoms with E-state index in [-0.39, 0.29) is 37.7 Å². The van der Waals surface area contributed by atoms with Crippen molar-refractivity contribution < 1.29 is 23.9 Å². The quantitative estimate of drug-likeness (QED) is 0.500. The van der Waals surface area contributed by atoms with E-state index < -0.39 is 17.5 Å². The summed E-state index contributed by atoms with van der Waals surface area (Å²) in [6.07, 6.45) is 0.0782. The fraction of sp³-hybridized carbons (Fsp3) is 0.667. The van der Waals surface area contributed by atoms with Gasteiger partial charge in [-0.05, 0) is 13.8 Å². The summed E-state index contributed by atoms with van der Waals surface area (Å²) in [7, 11) is 1.27. The summed E-state index contributed by atoms with van der Waals surface area (Å²) in [6.45, 7) is 3.38. The number of imide groups is 1. The summed E-state index contributed by atoms with van der Waals surface area (Å²) in [6, 6.07) is -0.498. The topological polar surface area (TPSA) is 105 Å². The maximum Gasteiger partial charge on any atom is 0.325 e. The van der Waals surface area contributed by atoms with Gasteiger partial charge >= 0.3 is 12.0 Å². The molecule has 0 bridgehead atoms. The van der Waals surface area contributed by atoms with E-state index in [1.165, 1.54) is 7.11 Å². The summed E-state index contributed by atoms with van der Waals surface area (Å²) in [5, 5.41) is 5.04. The molecule has 1 fully saturated rings. The highest BCUT2D eigenvalue weighted by molar-refractivity contribution is 6.06. The number of urea groups is 1. The number of carbonyl (C=O) groups excluding carboxylic acids is 4. The summed E-state index contributed by atoms with van der Waals surface area (Å²) in [4.78, 5) is 46.8. The standard InChI is InChI=1S/C12H19N3O5/c1-12(2)10(18)15(11(19)14-12)7-5-8(16)13-6-4-9(17)20-3/h4-7H2,1-3H3,(H,13,16)(H,14,19). The van der Waals surface area contributed by atoms with Gasteiger partial charge in [0.1, 0.15) is 5.54 Å². The fourth-order valence-electron chi connectivity index (χ4n) is 1.73. The van der Waals surface area contributed by atoms with E-state index in [2.05, 4.69) is 15.4 Å². The van der Waals surface area contributed by atoms with Crippen LogP contribution >= 0.6 is 0 Å². The highest BCUT2D eigenvalue weighted by Crippen LogP contribution is 2.16. The Labute approximate surface area is 116 Å². The second-order valence-electron chi connectivity index (χ2n) is 4.94. The number of amides is 4. The maximum absolute atomic E-state index is 11.8. The average molecular weight is 285 g/mol. The SMILES string of the molecule is COC(=O)CCNC(=O)CCN1C(=O)NC(C)(C)C1=O. The first-order chi connectivity index (χ1) is 9.27. The number of hydrogen-bond donors (Lipinski definition) is 2. The Morgan fingerprint density at radius 3 is 2.45 bits per heavy atom. The van der Waals surface area contributed by atoms with Gasteiger partial charge in [0, 0.05) is 19.5 Å². The second kappa shape index (κ2) is 6.36. The zero-order valence-electron chi connectivity index (χ0n) is 11.8. The van der Waals surface area contributed by atoms with E-state index in [4.69, 9.17) is 0 Å². The molecule has 0 aromatic rings. The molecule has 1 heterocycles. The molecule has 112 valence electrons. The van der Waals surface area contributed by atoms with Crippen LogP contribution in [0.25, 0.3) is 0 Å². The van der Waals surface area contributed by atoms with Crippen LogP contribution in [0.4, 0.5) is 4.79 Å². The number of carbonyl (C=O) groups is 4. The first kappa shape index (κ1) is 15.9. The molecule has 0 aliphatic carbocycles. The van der Waals surface area contributed by atoms with E-state index in [0.29, 0.717) is 0 Å². The molecule has 1 aliphatic rings. The van der Waals surface area contributed by atoms with Gasteiger partial charge in [0.05, 0.1) is 13.5 Å². The average Bonchev–Trinajstić information content (AvgIpc) is 2.56. The third-order valence-corrected chi connectivity index (χ3v) is 2.89. The van der Waals surface area contributed by atoms with Gasteiger partial charge in [-0.15, -0.1) is 0 Å². The molecule has 0 aromatic carbocycles. The molecule has 0 saturated carbocycles. The lowest BCUT2D eigenvalue weighted by molar-refractivity contribution is -0.140. The van der Waals surface area contributed by atoms with Crippen molar-refractivity contribution in [2.24, 2.45) is 0 Å².